The molecule has 1 N–H and O–H groups in total. The molecule has 0 aromatic heterocycles. The van der Waals surface area contributed by atoms with Gasteiger partial charge in [-0.05, 0) is 25.3 Å². The fraction of sp³-hybridized carbons (Fsp3) is 0.357. The normalized spacial score (nSPS) is 23.7. The predicted octanol–water partition coefficient (Wildman–Crippen LogP) is 3.45. The number of nitrogens with zero attached hydrogens (tertiary/aromatic N) is 1. The lowest BCUT2D eigenvalue weighted by atomic mass is 10.0. The number of benzene rings is 1. The van der Waals surface area contributed by atoms with Crippen molar-refractivity contribution in [3.05, 3.63) is 48.0 Å². The van der Waals surface area contributed by atoms with Gasteiger partial charge in [0.25, 0.3) is 0 Å². The highest BCUT2D eigenvalue weighted by atomic mass is 16.4. The summed E-state index contributed by atoms with van der Waals surface area (Å²) in [5, 5.41) is 9.35. The van der Waals surface area contributed by atoms with Gasteiger partial charge in [-0.15, -0.1) is 0 Å². The third-order valence-electron chi connectivity index (χ3n) is 3.36. The van der Waals surface area contributed by atoms with Crippen molar-refractivity contribution in [2.45, 2.75) is 31.8 Å². The quantitative estimate of drug-likeness (QED) is 0.792. The molecule has 2 rings (SSSR count). The Bertz CT molecular complexity index is 427. The van der Waals surface area contributed by atoms with E-state index in [1.54, 1.807) is 0 Å². The lowest BCUT2D eigenvalue weighted by Crippen LogP contribution is -2.36. The van der Waals surface area contributed by atoms with Crippen molar-refractivity contribution in [2.24, 2.45) is 0 Å². The molecule has 0 spiro atoms. The van der Waals surface area contributed by atoms with E-state index in [9.17, 15) is 9.90 Å². The predicted molar refractivity (Wildman–Crippen MR) is 66.9 cm³/mol. The van der Waals surface area contributed by atoms with Crippen molar-refractivity contribution in [3.8, 4) is 0 Å². The van der Waals surface area contributed by atoms with E-state index in [4.69, 9.17) is 0 Å². The summed E-state index contributed by atoms with van der Waals surface area (Å²) in [6.07, 6.45) is 0.874. The highest BCUT2D eigenvalue weighted by Crippen LogP contribution is 2.38. The zero-order chi connectivity index (χ0) is 12.4. The summed E-state index contributed by atoms with van der Waals surface area (Å²) in [4.78, 5) is 12.9. The average Bonchev–Trinajstić information content (AvgIpc) is 2.74. The smallest absolute Gasteiger partial charge is 0.408 e. The minimum absolute atomic E-state index is 0.0320. The molecule has 0 aliphatic carbocycles. The zero-order valence-electron chi connectivity index (χ0n) is 9.97. The Labute approximate surface area is 101 Å². The second-order valence-electron chi connectivity index (χ2n) is 4.56. The molecule has 1 aromatic rings. The number of carboxylic acid groups (broad SMARTS) is 1. The molecule has 1 aromatic carbocycles. The Morgan fingerprint density at radius 3 is 2.53 bits per heavy atom. The number of amides is 1. The Hall–Kier alpha value is -1.77. The van der Waals surface area contributed by atoms with Gasteiger partial charge in [-0.1, -0.05) is 42.5 Å². The summed E-state index contributed by atoms with van der Waals surface area (Å²) >= 11 is 0. The van der Waals surface area contributed by atoms with Gasteiger partial charge in [-0.2, -0.15) is 0 Å². The third kappa shape index (κ3) is 2.18. The lowest BCUT2D eigenvalue weighted by molar-refractivity contribution is 0.128. The summed E-state index contributed by atoms with van der Waals surface area (Å²) < 4.78 is 0. The second-order valence-corrected chi connectivity index (χ2v) is 4.56. The average molecular weight is 231 g/mol. The first-order valence-electron chi connectivity index (χ1n) is 5.83. The van der Waals surface area contributed by atoms with E-state index in [0.29, 0.717) is 0 Å². The maximum atomic E-state index is 11.4. The first-order valence-corrected chi connectivity index (χ1v) is 5.83. The zero-order valence-corrected chi connectivity index (χ0v) is 9.97. The summed E-state index contributed by atoms with van der Waals surface area (Å²) in [7, 11) is 0. The highest BCUT2D eigenvalue weighted by Gasteiger charge is 2.37. The Balaban J connectivity index is 2.30. The first-order chi connectivity index (χ1) is 8.11. The standard InChI is InChI=1S/C14H17NO2/c1-10(2)12-8-9-13(15(12)14(16)17)11-6-4-3-5-7-11/h3-7,12-13H,1,8-9H2,2H3,(H,16,17)/t12-,13+/m1/s1. The van der Waals surface area contributed by atoms with Crippen molar-refractivity contribution in [1.29, 1.82) is 0 Å². The topological polar surface area (TPSA) is 40.5 Å². The largest absolute Gasteiger partial charge is 0.465 e. The van der Waals surface area contributed by atoms with Crippen molar-refractivity contribution >= 4 is 6.09 Å². The molecular formula is C14H17NO2. The van der Waals surface area contributed by atoms with Crippen LogP contribution in [0.15, 0.2) is 42.5 Å². The number of hydrogen-bond acceptors (Lipinski definition) is 1. The molecule has 90 valence electrons. The molecular weight excluding hydrogens is 214 g/mol. The van der Waals surface area contributed by atoms with Gasteiger partial charge in [-0.3, -0.25) is 4.90 Å². The van der Waals surface area contributed by atoms with Gasteiger partial charge in [0, 0.05) is 0 Å². The van der Waals surface area contributed by atoms with Crippen LogP contribution < -0.4 is 0 Å². The summed E-state index contributed by atoms with van der Waals surface area (Å²) in [6, 6.07) is 9.74. The molecule has 1 fully saturated rings. The van der Waals surface area contributed by atoms with E-state index in [1.165, 1.54) is 4.90 Å². The molecule has 1 aliphatic rings. The molecule has 2 atom stereocenters. The van der Waals surface area contributed by atoms with Gasteiger partial charge >= 0.3 is 6.09 Å². The lowest BCUT2D eigenvalue weighted by Gasteiger charge is -2.28. The van der Waals surface area contributed by atoms with Crippen LogP contribution in [0.2, 0.25) is 0 Å². The number of likely N-dealkylation sites (tertiary alicyclic amines) is 1. The van der Waals surface area contributed by atoms with Crippen molar-refractivity contribution in [3.63, 3.8) is 0 Å². The van der Waals surface area contributed by atoms with Gasteiger partial charge in [-0.25, -0.2) is 4.79 Å². The van der Waals surface area contributed by atoms with Crippen LogP contribution >= 0.6 is 0 Å². The van der Waals surface area contributed by atoms with Crippen LogP contribution in [0, 0.1) is 0 Å². The molecule has 1 amide bonds. The third-order valence-corrected chi connectivity index (χ3v) is 3.36. The Kier molecular flexibility index (Phi) is 3.18. The molecule has 17 heavy (non-hydrogen) atoms. The van der Waals surface area contributed by atoms with Crippen molar-refractivity contribution < 1.29 is 9.90 Å². The fourth-order valence-corrected chi connectivity index (χ4v) is 2.56. The van der Waals surface area contributed by atoms with E-state index in [1.807, 2.05) is 37.3 Å². The number of carbonyl (C=O) groups is 1. The van der Waals surface area contributed by atoms with Crippen LogP contribution in [0.5, 0.6) is 0 Å². The van der Waals surface area contributed by atoms with Gasteiger partial charge in [0.15, 0.2) is 0 Å². The van der Waals surface area contributed by atoms with E-state index < -0.39 is 6.09 Å². The van der Waals surface area contributed by atoms with Crippen LogP contribution in [0.25, 0.3) is 0 Å². The molecule has 0 saturated carbocycles. The number of hydrogen-bond donors (Lipinski definition) is 1. The fourth-order valence-electron chi connectivity index (χ4n) is 2.56. The molecule has 3 heteroatoms. The minimum atomic E-state index is -0.857. The van der Waals surface area contributed by atoms with Crippen LogP contribution in [0.1, 0.15) is 31.4 Å². The van der Waals surface area contributed by atoms with Crippen molar-refractivity contribution in [2.75, 3.05) is 0 Å². The van der Waals surface area contributed by atoms with Crippen LogP contribution in [-0.4, -0.2) is 22.1 Å². The second kappa shape index (κ2) is 4.62. The summed E-state index contributed by atoms with van der Waals surface area (Å²) in [5.74, 6) is 0. The maximum absolute atomic E-state index is 11.4. The van der Waals surface area contributed by atoms with E-state index in [2.05, 4.69) is 6.58 Å². The van der Waals surface area contributed by atoms with Crippen LogP contribution in [-0.2, 0) is 0 Å². The molecule has 0 unspecified atom stereocenters. The first kappa shape index (κ1) is 11.7. The van der Waals surface area contributed by atoms with E-state index >= 15 is 0 Å². The van der Waals surface area contributed by atoms with Crippen LogP contribution in [0.3, 0.4) is 0 Å². The summed E-state index contributed by atoms with van der Waals surface area (Å²) in [6.45, 7) is 5.79. The van der Waals surface area contributed by atoms with Crippen molar-refractivity contribution in [1.82, 2.24) is 4.90 Å². The van der Waals surface area contributed by atoms with Crippen LogP contribution in [0.4, 0.5) is 4.79 Å². The molecule has 3 nitrogen and oxygen atoms in total. The maximum Gasteiger partial charge on any atom is 0.408 e. The van der Waals surface area contributed by atoms with E-state index in [0.717, 1.165) is 24.0 Å². The minimum Gasteiger partial charge on any atom is -0.465 e. The van der Waals surface area contributed by atoms with Gasteiger partial charge in [0.05, 0.1) is 12.1 Å². The SMILES string of the molecule is C=C(C)[C@H]1CC[C@@H](c2ccccc2)N1C(=O)O. The molecule has 0 radical (unpaired) electrons. The van der Waals surface area contributed by atoms with E-state index in [-0.39, 0.29) is 12.1 Å². The Morgan fingerprint density at radius 1 is 1.35 bits per heavy atom. The Morgan fingerprint density at radius 2 is 2.00 bits per heavy atom. The highest BCUT2D eigenvalue weighted by molar-refractivity contribution is 5.67. The molecule has 1 aliphatic heterocycles. The van der Waals surface area contributed by atoms with Gasteiger partial charge in [0.2, 0.25) is 0 Å². The monoisotopic (exact) mass is 231 g/mol. The van der Waals surface area contributed by atoms with Gasteiger partial charge < -0.3 is 5.11 Å². The number of rotatable bonds is 2. The molecule has 1 heterocycles. The summed E-state index contributed by atoms with van der Waals surface area (Å²) in [5.41, 5.74) is 1.99. The molecule has 0 bridgehead atoms. The van der Waals surface area contributed by atoms with Gasteiger partial charge in [0.1, 0.15) is 0 Å². The molecule has 1 saturated heterocycles.